The van der Waals surface area contributed by atoms with E-state index in [-0.39, 0.29) is 17.3 Å². The average Bonchev–Trinajstić information content (AvgIpc) is 2.35. The summed E-state index contributed by atoms with van der Waals surface area (Å²) in [5.41, 5.74) is 0. The number of halogens is 2. The van der Waals surface area contributed by atoms with Gasteiger partial charge >= 0.3 is 0 Å². The molecule has 0 bridgehead atoms. The smallest absolute Gasteiger partial charge is 0.244 e. The molecule has 0 heterocycles. The van der Waals surface area contributed by atoms with E-state index in [1.54, 1.807) is 12.1 Å². The molecule has 0 aliphatic heterocycles. The van der Waals surface area contributed by atoms with E-state index < -0.39 is 10.0 Å². The standard InChI is InChI=1S/C12H16Br2N2O3S/c1-3-6-15-12(17)8-16(2)20(18,19)11-5-4-9(13)7-10(11)14/h4-5,7H,3,6,8H2,1-2H3,(H,15,17). The number of benzene rings is 1. The van der Waals surface area contributed by atoms with Crippen LogP contribution in [0.4, 0.5) is 0 Å². The second kappa shape index (κ2) is 7.53. The first kappa shape index (κ1) is 17.6. The molecule has 1 amide bonds. The SMILES string of the molecule is CCCNC(=O)CN(C)S(=O)(=O)c1ccc(Br)cc1Br. The van der Waals surface area contributed by atoms with Gasteiger partial charge in [-0.15, -0.1) is 0 Å². The number of likely N-dealkylation sites (N-methyl/N-ethyl adjacent to an activating group) is 1. The first-order chi connectivity index (χ1) is 9.28. The molecule has 1 rings (SSSR count). The molecule has 8 heteroatoms. The number of hydrogen-bond acceptors (Lipinski definition) is 3. The molecule has 0 saturated heterocycles. The summed E-state index contributed by atoms with van der Waals surface area (Å²) in [7, 11) is -2.32. The van der Waals surface area contributed by atoms with Crippen LogP contribution < -0.4 is 5.32 Å². The molecule has 0 radical (unpaired) electrons. The maximum absolute atomic E-state index is 12.4. The third kappa shape index (κ3) is 4.54. The summed E-state index contributed by atoms with van der Waals surface area (Å²) in [6, 6.07) is 4.78. The molecule has 0 unspecified atom stereocenters. The number of nitrogens with zero attached hydrogens (tertiary/aromatic N) is 1. The Balaban J connectivity index is 2.90. The molecule has 1 N–H and O–H groups in total. The second-order valence-corrected chi connectivity index (χ2v) is 7.97. The highest BCUT2D eigenvalue weighted by atomic mass is 79.9. The van der Waals surface area contributed by atoms with Crippen LogP contribution >= 0.6 is 31.9 Å². The van der Waals surface area contributed by atoms with Gasteiger partial charge in [-0.05, 0) is 40.5 Å². The van der Waals surface area contributed by atoms with E-state index in [0.29, 0.717) is 11.0 Å². The van der Waals surface area contributed by atoms with Crippen LogP contribution in [0.25, 0.3) is 0 Å². The van der Waals surface area contributed by atoms with Gasteiger partial charge in [0.25, 0.3) is 0 Å². The molecule has 5 nitrogen and oxygen atoms in total. The predicted octanol–water partition coefficient (Wildman–Crippen LogP) is 2.36. The molecule has 20 heavy (non-hydrogen) atoms. The molecule has 0 aliphatic carbocycles. The van der Waals surface area contributed by atoms with Crippen LogP contribution in [0.1, 0.15) is 13.3 Å². The molecule has 0 spiro atoms. The Morgan fingerprint density at radius 1 is 1.35 bits per heavy atom. The lowest BCUT2D eigenvalue weighted by Crippen LogP contribution is -2.38. The zero-order valence-corrected chi connectivity index (χ0v) is 15.2. The van der Waals surface area contributed by atoms with Gasteiger partial charge in [0.05, 0.1) is 11.4 Å². The third-order valence-electron chi connectivity index (χ3n) is 2.52. The molecule has 1 aromatic carbocycles. The Bertz CT molecular complexity index is 590. The van der Waals surface area contributed by atoms with Crippen molar-refractivity contribution in [3.05, 3.63) is 27.1 Å². The van der Waals surface area contributed by atoms with Gasteiger partial charge in [-0.1, -0.05) is 22.9 Å². The van der Waals surface area contributed by atoms with Crippen molar-refractivity contribution in [3.63, 3.8) is 0 Å². The van der Waals surface area contributed by atoms with Crippen molar-refractivity contribution in [2.45, 2.75) is 18.2 Å². The van der Waals surface area contributed by atoms with Crippen LogP contribution in [-0.4, -0.2) is 38.8 Å². The number of rotatable bonds is 6. The molecule has 0 saturated carbocycles. The lowest BCUT2D eigenvalue weighted by atomic mass is 10.4. The molecule has 0 aromatic heterocycles. The van der Waals surface area contributed by atoms with E-state index in [4.69, 9.17) is 0 Å². The quantitative estimate of drug-likeness (QED) is 0.757. The minimum absolute atomic E-state index is 0.131. The van der Waals surface area contributed by atoms with Gasteiger partial charge in [0.15, 0.2) is 0 Å². The maximum Gasteiger partial charge on any atom is 0.244 e. The number of sulfonamides is 1. The Morgan fingerprint density at radius 3 is 2.55 bits per heavy atom. The maximum atomic E-state index is 12.4. The van der Waals surface area contributed by atoms with Gasteiger partial charge < -0.3 is 5.32 Å². The van der Waals surface area contributed by atoms with Crippen LogP contribution in [0, 0.1) is 0 Å². The Morgan fingerprint density at radius 2 is 2.00 bits per heavy atom. The van der Waals surface area contributed by atoms with E-state index in [2.05, 4.69) is 37.2 Å². The van der Waals surface area contributed by atoms with Gasteiger partial charge in [0.2, 0.25) is 15.9 Å². The Hall–Kier alpha value is -0.440. The zero-order valence-electron chi connectivity index (χ0n) is 11.2. The van der Waals surface area contributed by atoms with Crippen molar-refractivity contribution in [1.29, 1.82) is 0 Å². The molecule has 1 aromatic rings. The van der Waals surface area contributed by atoms with E-state index in [1.165, 1.54) is 13.1 Å². The van der Waals surface area contributed by atoms with Crippen LogP contribution in [-0.2, 0) is 14.8 Å². The normalized spacial score (nSPS) is 11.7. The fourth-order valence-corrected chi connectivity index (χ4v) is 4.29. The highest BCUT2D eigenvalue weighted by molar-refractivity contribution is 9.11. The highest BCUT2D eigenvalue weighted by Crippen LogP contribution is 2.27. The summed E-state index contributed by atoms with van der Waals surface area (Å²) in [6.45, 7) is 2.26. The predicted molar refractivity (Wildman–Crippen MR) is 85.0 cm³/mol. The fraction of sp³-hybridized carbons (Fsp3) is 0.417. The third-order valence-corrected chi connectivity index (χ3v) is 5.79. The van der Waals surface area contributed by atoms with E-state index in [9.17, 15) is 13.2 Å². The number of amides is 1. The molecule has 0 fully saturated rings. The van der Waals surface area contributed by atoms with Crippen molar-refractivity contribution < 1.29 is 13.2 Å². The lowest BCUT2D eigenvalue weighted by Gasteiger charge is -2.17. The summed E-state index contributed by atoms with van der Waals surface area (Å²) in [4.78, 5) is 11.7. The number of carbonyl (C=O) groups is 1. The van der Waals surface area contributed by atoms with Crippen molar-refractivity contribution in [1.82, 2.24) is 9.62 Å². The molecule has 0 aliphatic rings. The monoisotopic (exact) mass is 426 g/mol. The van der Waals surface area contributed by atoms with Gasteiger partial charge in [0.1, 0.15) is 0 Å². The topological polar surface area (TPSA) is 66.5 Å². The largest absolute Gasteiger partial charge is 0.355 e. The summed E-state index contributed by atoms with van der Waals surface area (Å²) in [5, 5.41) is 2.65. The molecular formula is C12H16Br2N2O3S. The minimum atomic E-state index is -3.70. The van der Waals surface area contributed by atoms with E-state index >= 15 is 0 Å². The first-order valence-corrected chi connectivity index (χ1v) is 8.99. The summed E-state index contributed by atoms with van der Waals surface area (Å²) >= 11 is 6.49. The zero-order chi connectivity index (χ0) is 15.3. The summed E-state index contributed by atoms with van der Waals surface area (Å²) in [5.74, 6) is -0.314. The lowest BCUT2D eigenvalue weighted by molar-refractivity contribution is -0.121. The van der Waals surface area contributed by atoms with Gasteiger partial charge in [-0.25, -0.2) is 8.42 Å². The Labute approximate surface area is 136 Å². The van der Waals surface area contributed by atoms with Gasteiger partial charge in [0, 0.05) is 22.5 Å². The minimum Gasteiger partial charge on any atom is -0.355 e. The molecular weight excluding hydrogens is 412 g/mol. The van der Waals surface area contributed by atoms with Crippen molar-refractivity contribution in [3.8, 4) is 0 Å². The van der Waals surface area contributed by atoms with Crippen molar-refractivity contribution in [2.75, 3.05) is 20.1 Å². The van der Waals surface area contributed by atoms with Gasteiger partial charge in [-0.2, -0.15) is 4.31 Å². The second-order valence-electron chi connectivity index (χ2n) is 4.19. The molecule has 0 atom stereocenters. The Kier molecular flexibility index (Phi) is 6.63. The van der Waals surface area contributed by atoms with Crippen LogP contribution in [0.15, 0.2) is 32.0 Å². The van der Waals surface area contributed by atoms with Crippen molar-refractivity contribution in [2.24, 2.45) is 0 Å². The van der Waals surface area contributed by atoms with Gasteiger partial charge in [-0.3, -0.25) is 4.79 Å². The number of nitrogens with one attached hydrogen (secondary N) is 1. The first-order valence-electron chi connectivity index (χ1n) is 5.97. The van der Waals surface area contributed by atoms with E-state index in [1.807, 2.05) is 6.92 Å². The van der Waals surface area contributed by atoms with Crippen LogP contribution in [0.3, 0.4) is 0 Å². The average molecular weight is 428 g/mol. The highest BCUT2D eigenvalue weighted by Gasteiger charge is 2.25. The fourth-order valence-electron chi connectivity index (χ4n) is 1.46. The van der Waals surface area contributed by atoms with Crippen LogP contribution in [0.5, 0.6) is 0 Å². The summed E-state index contributed by atoms with van der Waals surface area (Å²) in [6.07, 6.45) is 0.806. The number of carbonyl (C=O) groups excluding carboxylic acids is 1. The van der Waals surface area contributed by atoms with Crippen molar-refractivity contribution >= 4 is 47.8 Å². The summed E-state index contributed by atoms with van der Waals surface area (Å²) < 4.78 is 27.0. The van der Waals surface area contributed by atoms with E-state index in [0.717, 1.165) is 15.2 Å². The molecule has 112 valence electrons. The van der Waals surface area contributed by atoms with Crippen LogP contribution in [0.2, 0.25) is 0 Å². The number of hydrogen-bond donors (Lipinski definition) is 1.